The summed E-state index contributed by atoms with van der Waals surface area (Å²) in [6.07, 6.45) is 0.427. The molecule has 0 radical (unpaired) electrons. The first-order valence-electron chi connectivity index (χ1n) is 4.60. The lowest BCUT2D eigenvalue weighted by molar-refractivity contribution is 0.173. The third kappa shape index (κ3) is 2.46. The minimum absolute atomic E-state index is 0.333. The summed E-state index contributed by atoms with van der Waals surface area (Å²) >= 11 is 0. The molecule has 0 aromatic heterocycles. The van der Waals surface area contributed by atoms with Crippen molar-refractivity contribution in [3.8, 4) is 0 Å². The zero-order valence-corrected chi connectivity index (χ0v) is 8.49. The molecular weight excluding hydrogens is 162 g/mol. The third-order valence-electron chi connectivity index (χ3n) is 2.16. The van der Waals surface area contributed by atoms with Gasteiger partial charge in [-0.1, -0.05) is 19.1 Å². The molecular formula is C11H17NO. The quantitative estimate of drug-likeness (QED) is 0.769. The van der Waals surface area contributed by atoms with Gasteiger partial charge in [0.25, 0.3) is 0 Å². The highest BCUT2D eigenvalue weighted by atomic mass is 16.3. The number of rotatable bonds is 3. The van der Waals surface area contributed by atoms with E-state index in [1.807, 2.05) is 50.2 Å². The van der Waals surface area contributed by atoms with Crippen LogP contribution in [0.3, 0.4) is 0 Å². The Labute approximate surface area is 79.8 Å². The van der Waals surface area contributed by atoms with Crippen LogP contribution in [0.4, 0.5) is 5.69 Å². The molecule has 0 amide bonds. The fraction of sp³-hybridized carbons (Fsp3) is 0.455. The van der Waals surface area contributed by atoms with Crippen LogP contribution in [-0.4, -0.2) is 19.2 Å². The van der Waals surface area contributed by atoms with Gasteiger partial charge < -0.3 is 10.0 Å². The third-order valence-corrected chi connectivity index (χ3v) is 2.16. The van der Waals surface area contributed by atoms with E-state index in [1.165, 1.54) is 0 Å². The largest absolute Gasteiger partial charge is 0.388 e. The van der Waals surface area contributed by atoms with Gasteiger partial charge in [0.15, 0.2) is 0 Å². The summed E-state index contributed by atoms with van der Waals surface area (Å²) in [5.41, 5.74) is 2.12. The highest BCUT2D eigenvalue weighted by Crippen LogP contribution is 2.20. The predicted octanol–water partition coefficient (Wildman–Crippen LogP) is 2.20. The van der Waals surface area contributed by atoms with E-state index < -0.39 is 0 Å². The molecule has 0 fully saturated rings. The van der Waals surface area contributed by atoms with Crippen molar-refractivity contribution < 1.29 is 5.11 Å². The van der Waals surface area contributed by atoms with Gasteiger partial charge in [-0.05, 0) is 24.1 Å². The zero-order chi connectivity index (χ0) is 9.84. The highest BCUT2D eigenvalue weighted by molar-refractivity contribution is 5.47. The normalized spacial score (nSPS) is 12.6. The first kappa shape index (κ1) is 10.1. The Bertz CT molecular complexity index is 271. The lowest BCUT2D eigenvalue weighted by atomic mass is 10.1. The molecule has 13 heavy (non-hydrogen) atoms. The number of nitrogens with zero attached hydrogens (tertiary/aromatic N) is 1. The molecule has 0 bridgehead atoms. The van der Waals surface area contributed by atoms with E-state index in [4.69, 9.17) is 0 Å². The Kier molecular flexibility index (Phi) is 3.32. The minimum atomic E-state index is -0.333. The minimum Gasteiger partial charge on any atom is -0.388 e. The van der Waals surface area contributed by atoms with Crippen LogP contribution in [0.2, 0.25) is 0 Å². The molecule has 0 heterocycles. The molecule has 2 nitrogen and oxygen atoms in total. The zero-order valence-electron chi connectivity index (χ0n) is 8.49. The van der Waals surface area contributed by atoms with Crippen molar-refractivity contribution in [3.63, 3.8) is 0 Å². The molecule has 1 unspecified atom stereocenters. The van der Waals surface area contributed by atoms with Crippen LogP contribution in [0.25, 0.3) is 0 Å². The Morgan fingerprint density at radius 2 is 2.08 bits per heavy atom. The van der Waals surface area contributed by atoms with Crippen LogP contribution in [0, 0.1) is 0 Å². The van der Waals surface area contributed by atoms with Gasteiger partial charge in [0.05, 0.1) is 6.10 Å². The summed E-state index contributed by atoms with van der Waals surface area (Å²) in [4.78, 5) is 2.03. The van der Waals surface area contributed by atoms with E-state index in [2.05, 4.69) is 0 Å². The molecule has 0 saturated heterocycles. The van der Waals surface area contributed by atoms with E-state index in [0.29, 0.717) is 0 Å². The van der Waals surface area contributed by atoms with Gasteiger partial charge in [0.1, 0.15) is 0 Å². The van der Waals surface area contributed by atoms with Gasteiger partial charge in [-0.2, -0.15) is 0 Å². The Hall–Kier alpha value is -1.02. The molecule has 1 rings (SSSR count). The van der Waals surface area contributed by atoms with Gasteiger partial charge in [0, 0.05) is 19.8 Å². The van der Waals surface area contributed by atoms with Crippen molar-refractivity contribution in [2.45, 2.75) is 19.4 Å². The maximum absolute atomic E-state index is 9.62. The Balaban J connectivity index is 2.91. The summed E-state index contributed by atoms with van der Waals surface area (Å²) in [5, 5.41) is 9.62. The van der Waals surface area contributed by atoms with Crippen LogP contribution < -0.4 is 4.90 Å². The fourth-order valence-electron chi connectivity index (χ4n) is 1.25. The summed E-state index contributed by atoms with van der Waals surface area (Å²) in [7, 11) is 3.99. The number of aliphatic hydroxyl groups excluding tert-OH is 1. The van der Waals surface area contributed by atoms with Crippen LogP contribution in [0.15, 0.2) is 24.3 Å². The number of benzene rings is 1. The van der Waals surface area contributed by atoms with Gasteiger partial charge >= 0.3 is 0 Å². The molecule has 0 aliphatic rings. The number of anilines is 1. The molecule has 0 aliphatic carbocycles. The topological polar surface area (TPSA) is 23.5 Å². The van der Waals surface area contributed by atoms with E-state index >= 15 is 0 Å². The molecule has 1 aromatic rings. The Morgan fingerprint density at radius 3 is 2.62 bits per heavy atom. The molecule has 72 valence electrons. The van der Waals surface area contributed by atoms with E-state index in [9.17, 15) is 5.11 Å². The van der Waals surface area contributed by atoms with Gasteiger partial charge in [-0.15, -0.1) is 0 Å². The summed E-state index contributed by atoms with van der Waals surface area (Å²) in [5.74, 6) is 0. The highest BCUT2D eigenvalue weighted by Gasteiger charge is 2.05. The summed E-state index contributed by atoms with van der Waals surface area (Å²) < 4.78 is 0. The van der Waals surface area contributed by atoms with Crippen LogP contribution >= 0.6 is 0 Å². The lowest BCUT2D eigenvalue weighted by Crippen LogP contribution is -2.09. The average molecular weight is 179 g/mol. The van der Waals surface area contributed by atoms with Gasteiger partial charge in [-0.25, -0.2) is 0 Å². The molecule has 0 saturated carbocycles. The molecule has 0 aliphatic heterocycles. The fourth-order valence-corrected chi connectivity index (χ4v) is 1.25. The van der Waals surface area contributed by atoms with Gasteiger partial charge in [-0.3, -0.25) is 0 Å². The van der Waals surface area contributed by atoms with Crippen molar-refractivity contribution >= 4 is 5.69 Å². The standard InChI is InChI=1S/C11H17NO/c1-4-11(13)9-6-5-7-10(8-9)12(2)3/h5-8,11,13H,4H2,1-3H3. The van der Waals surface area contributed by atoms with Crippen molar-refractivity contribution in [2.24, 2.45) is 0 Å². The molecule has 0 spiro atoms. The number of hydrogen-bond donors (Lipinski definition) is 1. The van der Waals surface area contributed by atoms with Gasteiger partial charge in [0.2, 0.25) is 0 Å². The Morgan fingerprint density at radius 1 is 1.38 bits per heavy atom. The molecule has 1 aromatic carbocycles. The van der Waals surface area contributed by atoms with Crippen LogP contribution in [0.1, 0.15) is 25.0 Å². The van der Waals surface area contributed by atoms with Crippen molar-refractivity contribution in [3.05, 3.63) is 29.8 Å². The van der Waals surface area contributed by atoms with E-state index in [-0.39, 0.29) is 6.10 Å². The summed E-state index contributed by atoms with van der Waals surface area (Å²) in [6.45, 7) is 1.98. The molecule has 2 heteroatoms. The number of hydrogen-bond acceptors (Lipinski definition) is 2. The smallest absolute Gasteiger partial charge is 0.0788 e. The van der Waals surface area contributed by atoms with Crippen molar-refractivity contribution in [1.29, 1.82) is 0 Å². The average Bonchev–Trinajstić information content (AvgIpc) is 2.17. The number of aliphatic hydroxyl groups is 1. The monoisotopic (exact) mass is 179 g/mol. The second kappa shape index (κ2) is 4.28. The first-order valence-corrected chi connectivity index (χ1v) is 4.60. The lowest BCUT2D eigenvalue weighted by Gasteiger charge is -2.15. The molecule has 1 N–H and O–H groups in total. The molecule has 1 atom stereocenters. The second-order valence-corrected chi connectivity index (χ2v) is 3.41. The van der Waals surface area contributed by atoms with Crippen LogP contribution in [0.5, 0.6) is 0 Å². The predicted molar refractivity (Wildman–Crippen MR) is 56.0 cm³/mol. The second-order valence-electron chi connectivity index (χ2n) is 3.41. The van der Waals surface area contributed by atoms with Crippen LogP contribution in [-0.2, 0) is 0 Å². The SMILES string of the molecule is CCC(O)c1cccc(N(C)C)c1. The first-order chi connectivity index (χ1) is 6.15. The van der Waals surface area contributed by atoms with Crippen molar-refractivity contribution in [2.75, 3.05) is 19.0 Å². The van der Waals surface area contributed by atoms with Crippen molar-refractivity contribution in [1.82, 2.24) is 0 Å². The summed E-state index contributed by atoms with van der Waals surface area (Å²) in [6, 6.07) is 7.99. The maximum Gasteiger partial charge on any atom is 0.0788 e. The van der Waals surface area contributed by atoms with E-state index in [1.54, 1.807) is 0 Å². The van der Waals surface area contributed by atoms with E-state index in [0.717, 1.165) is 17.7 Å². The maximum atomic E-state index is 9.62.